The van der Waals surface area contributed by atoms with Gasteiger partial charge in [-0.15, -0.1) is 0 Å². The molecular weight excluding hydrogens is 250 g/mol. The number of carbonyl (C=O) groups is 1. The number of fused-ring (bicyclic) bond motifs is 1. The molecule has 2 aromatic heterocycles. The van der Waals surface area contributed by atoms with E-state index in [1.807, 2.05) is 6.92 Å². The molecule has 0 radical (unpaired) electrons. The molecule has 2 rings (SSSR count). The highest BCUT2D eigenvalue weighted by Gasteiger charge is 2.10. The lowest BCUT2D eigenvalue weighted by Crippen LogP contribution is -2.03. The number of imidazole rings is 1. The Morgan fingerprint density at radius 1 is 1.50 bits per heavy atom. The van der Waals surface area contributed by atoms with E-state index in [2.05, 4.69) is 25.9 Å². The molecule has 1 N–H and O–H groups in total. The summed E-state index contributed by atoms with van der Waals surface area (Å²) in [5.74, 6) is -1.06. The fourth-order valence-electron chi connectivity index (χ4n) is 1.19. The topological polar surface area (TPSA) is 67.5 Å². The highest BCUT2D eigenvalue weighted by molar-refractivity contribution is 9.10. The molecule has 0 spiro atoms. The molecule has 0 aliphatic heterocycles. The molecule has 0 aliphatic rings. The average molecular weight is 256 g/mol. The molecule has 0 unspecified atom stereocenters. The maximum absolute atomic E-state index is 10.7. The van der Waals surface area contributed by atoms with Crippen LogP contribution in [0.25, 0.3) is 5.65 Å². The number of carboxylic acid groups (broad SMARTS) is 1. The van der Waals surface area contributed by atoms with Gasteiger partial charge in [0, 0.05) is 12.4 Å². The molecule has 14 heavy (non-hydrogen) atoms. The predicted octanol–water partition coefficient (Wildman–Crippen LogP) is 1.50. The van der Waals surface area contributed by atoms with Crippen molar-refractivity contribution in [3.8, 4) is 0 Å². The number of rotatable bonds is 1. The number of nitrogens with zero attached hydrogens (tertiary/aromatic N) is 3. The van der Waals surface area contributed by atoms with Crippen molar-refractivity contribution >= 4 is 27.5 Å². The standard InChI is InChI=1S/C8H6BrN3O2/c1-4-2-12-3-5(8(13)14)11-6(9)7(12)10-4/h2-3H,1H3,(H,13,14). The Labute approximate surface area is 87.5 Å². The minimum atomic E-state index is -1.06. The molecule has 0 saturated carbocycles. The predicted molar refractivity (Wildman–Crippen MR) is 52.4 cm³/mol. The van der Waals surface area contributed by atoms with E-state index in [-0.39, 0.29) is 5.69 Å². The van der Waals surface area contributed by atoms with Crippen LogP contribution in [-0.4, -0.2) is 25.4 Å². The molecule has 0 amide bonds. The van der Waals surface area contributed by atoms with Crippen molar-refractivity contribution in [2.75, 3.05) is 0 Å². The van der Waals surface area contributed by atoms with Crippen molar-refractivity contribution in [2.24, 2.45) is 0 Å². The highest BCUT2D eigenvalue weighted by Crippen LogP contribution is 2.15. The molecule has 2 heterocycles. The first kappa shape index (κ1) is 9.14. The first-order chi connectivity index (χ1) is 6.58. The van der Waals surface area contributed by atoms with Crippen LogP contribution in [0.1, 0.15) is 16.2 Å². The van der Waals surface area contributed by atoms with Crippen LogP contribution in [0.4, 0.5) is 0 Å². The molecule has 0 aromatic carbocycles. The third kappa shape index (κ3) is 1.37. The average Bonchev–Trinajstić information content (AvgIpc) is 2.45. The van der Waals surface area contributed by atoms with Crippen LogP contribution in [0.15, 0.2) is 17.0 Å². The number of hydrogen-bond acceptors (Lipinski definition) is 3. The van der Waals surface area contributed by atoms with Crippen molar-refractivity contribution in [1.82, 2.24) is 14.4 Å². The maximum atomic E-state index is 10.7. The van der Waals surface area contributed by atoms with Crippen LogP contribution in [0.3, 0.4) is 0 Å². The molecule has 0 saturated heterocycles. The van der Waals surface area contributed by atoms with Gasteiger partial charge in [-0.05, 0) is 22.9 Å². The summed E-state index contributed by atoms with van der Waals surface area (Å²) in [4.78, 5) is 18.7. The summed E-state index contributed by atoms with van der Waals surface area (Å²) < 4.78 is 2.07. The second-order valence-electron chi connectivity index (χ2n) is 2.84. The van der Waals surface area contributed by atoms with Gasteiger partial charge in [0.15, 0.2) is 11.3 Å². The molecule has 5 nitrogen and oxygen atoms in total. The summed E-state index contributed by atoms with van der Waals surface area (Å²) in [6.45, 7) is 1.83. The van der Waals surface area contributed by atoms with Crippen LogP contribution in [0, 0.1) is 6.92 Å². The van der Waals surface area contributed by atoms with E-state index in [1.54, 1.807) is 10.6 Å². The molecule has 6 heteroatoms. The molecule has 0 atom stereocenters. The zero-order chi connectivity index (χ0) is 10.3. The Morgan fingerprint density at radius 3 is 2.86 bits per heavy atom. The number of aromatic nitrogens is 3. The summed E-state index contributed by atoms with van der Waals surface area (Å²) in [5.41, 5.74) is 1.42. The van der Waals surface area contributed by atoms with E-state index in [4.69, 9.17) is 5.11 Å². The second-order valence-corrected chi connectivity index (χ2v) is 3.59. The van der Waals surface area contributed by atoms with Gasteiger partial charge in [0.05, 0.1) is 5.69 Å². The smallest absolute Gasteiger partial charge is 0.356 e. The van der Waals surface area contributed by atoms with Gasteiger partial charge < -0.3 is 9.51 Å². The third-order valence-corrected chi connectivity index (χ3v) is 2.27. The fraction of sp³-hybridized carbons (Fsp3) is 0.125. The van der Waals surface area contributed by atoms with Crippen molar-refractivity contribution in [2.45, 2.75) is 6.92 Å². The number of hydrogen-bond donors (Lipinski definition) is 1. The molecule has 2 aromatic rings. The lowest BCUT2D eigenvalue weighted by Gasteiger charge is -1.97. The van der Waals surface area contributed by atoms with E-state index in [0.29, 0.717) is 10.3 Å². The minimum Gasteiger partial charge on any atom is -0.476 e. The van der Waals surface area contributed by atoms with Gasteiger partial charge in [0.1, 0.15) is 4.60 Å². The van der Waals surface area contributed by atoms with Crippen LogP contribution < -0.4 is 0 Å². The summed E-state index contributed by atoms with van der Waals surface area (Å²) in [6.07, 6.45) is 3.18. The zero-order valence-corrected chi connectivity index (χ0v) is 8.82. The monoisotopic (exact) mass is 255 g/mol. The Morgan fingerprint density at radius 2 is 2.21 bits per heavy atom. The van der Waals surface area contributed by atoms with E-state index in [0.717, 1.165) is 5.69 Å². The van der Waals surface area contributed by atoms with Crippen molar-refractivity contribution in [3.63, 3.8) is 0 Å². The SMILES string of the molecule is Cc1cn2cc(C(=O)O)nc(Br)c2n1. The van der Waals surface area contributed by atoms with Crippen LogP contribution in [-0.2, 0) is 0 Å². The lowest BCUT2D eigenvalue weighted by atomic mass is 10.4. The number of carboxylic acids is 1. The quantitative estimate of drug-likeness (QED) is 0.839. The molecule has 0 bridgehead atoms. The molecule has 0 fully saturated rings. The minimum absolute atomic E-state index is 0.0122. The van der Waals surface area contributed by atoms with E-state index in [1.165, 1.54) is 6.20 Å². The van der Waals surface area contributed by atoms with E-state index in [9.17, 15) is 4.79 Å². The van der Waals surface area contributed by atoms with Gasteiger partial charge in [0.25, 0.3) is 0 Å². The zero-order valence-electron chi connectivity index (χ0n) is 7.23. The van der Waals surface area contributed by atoms with E-state index < -0.39 is 5.97 Å². The van der Waals surface area contributed by atoms with Crippen LogP contribution in [0.2, 0.25) is 0 Å². The van der Waals surface area contributed by atoms with Crippen LogP contribution >= 0.6 is 15.9 Å². The Hall–Kier alpha value is -1.43. The van der Waals surface area contributed by atoms with Gasteiger partial charge in [0.2, 0.25) is 0 Å². The molecular formula is C8H6BrN3O2. The Kier molecular flexibility index (Phi) is 1.99. The van der Waals surface area contributed by atoms with Gasteiger partial charge in [-0.25, -0.2) is 14.8 Å². The largest absolute Gasteiger partial charge is 0.476 e. The van der Waals surface area contributed by atoms with Crippen molar-refractivity contribution < 1.29 is 9.90 Å². The first-order valence-corrected chi connectivity index (χ1v) is 4.62. The Balaban J connectivity index is 2.77. The summed E-state index contributed by atoms with van der Waals surface area (Å²) in [7, 11) is 0. The number of halogens is 1. The summed E-state index contributed by atoms with van der Waals surface area (Å²) in [6, 6.07) is 0. The highest BCUT2D eigenvalue weighted by atomic mass is 79.9. The van der Waals surface area contributed by atoms with Crippen molar-refractivity contribution in [3.05, 3.63) is 28.4 Å². The molecule has 72 valence electrons. The molecule has 0 aliphatic carbocycles. The number of aromatic carboxylic acids is 1. The third-order valence-electron chi connectivity index (χ3n) is 1.74. The van der Waals surface area contributed by atoms with Crippen molar-refractivity contribution in [1.29, 1.82) is 0 Å². The van der Waals surface area contributed by atoms with Gasteiger partial charge in [-0.1, -0.05) is 0 Å². The summed E-state index contributed by atoms with van der Waals surface area (Å²) >= 11 is 3.17. The van der Waals surface area contributed by atoms with Crippen LogP contribution in [0.5, 0.6) is 0 Å². The Bertz CT molecular complexity index is 521. The normalized spacial score (nSPS) is 10.7. The maximum Gasteiger partial charge on any atom is 0.356 e. The number of aryl methyl sites for hydroxylation is 1. The van der Waals surface area contributed by atoms with E-state index >= 15 is 0 Å². The summed E-state index contributed by atoms with van der Waals surface area (Å²) in [5, 5.41) is 8.76. The fourth-order valence-corrected chi connectivity index (χ4v) is 1.67. The van der Waals surface area contributed by atoms with Gasteiger partial charge in [-0.3, -0.25) is 0 Å². The van der Waals surface area contributed by atoms with Gasteiger partial charge in [-0.2, -0.15) is 0 Å². The van der Waals surface area contributed by atoms with Gasteiger partial charge >= 0.3 is 5.97 Å². The first-order valence-electron chi connectivity index (χ1n) is 3.83. The second kappa shape index (κ2) is 3.06. The lowest BCUT2D eigenvalue weighted by molar-refractivity contribution is 0.0689.